The first-order valence-electron chi connectivity index (χ1n) is 9.26. The second-order valence-electron chi connectivity index (χ2n) is 6.62. The van der Waals surface area contributed by atoms with Gasteiger partial charge in [-0.3, -0.25) is 4.79 Å². The van der Waals surface area contributed by atoms with Crippen molar-refractivity contribution < 1.29 is 17.7 Å². The van der Waals surface area contributed by atoms with E-state index in [0.717, 1.165) is 27.5 Å². The van der Waals surface area contributed by atoms with Crippen LogP contribution in [0.3, 0.4) is 0 Å². The van der Waals surface area contributed by atoms with Gasteiger partial charge < -0.3 is 9.84 Å². The van der Waals surface area contributed by atoms with Gasteiger partial charge in [-0.25, -0.2) is 13.1 Å². The van der Waals surface area contributed by atoms with Gasteiger partial charge in [0.25, 0.3) is 5.91 Å². The molecule has 9 heteroatoms. The summed E-state index contributed by atoms with van der Waals surface area (Å²) < 4.78 is 31.1. The van der Waals surface area contributed by atoms with Crippen molar-refractivity contribution in [3.05, 3.63) is 76.7 Å². The van der Waals surface area contributed by atoms with E-state index in [9.17, 15) is 13.2 Å². The molecular formula is C21H23N3O4S2. The Morgan fingerprint density at radius 1 is 1.10 bits per heavy atom. The molecule has 0 aliphatic carbocycles. The number of aryl methyl sites for hydroxylation is 2. The van der Waals surface area contributed by atoms with Gasteiger partial charge in [0.1, 0.15) is 5.76 Å². The number of nitrogens with one attached hydrogen (secondary N) is 2. The van der Waals surface area contributed by atoms with Crippen LogP contribution >= 0.6 is 11.8 Å². The van der Waals surface area contributed by atoms with Crippen LogP contribution in [0, 0.1) is 13.8 Å². The van der Waals surface area contributed by atoms with Crippen molar-refractivity contribution in [2.75, 3.05) is 7.05 Å². The first kappa shape index (κ1) is 22.1. The van der Waals surface area contributed by atoms with E-state index < -0.39 is 10.0 Å². The van der Waals surface area contributed by atoms with Gasteiger partial charge in [-0.2, -0.15) is 0 Å². The zero-order chi connectivity index (χ0) is 21.7. The van der Waals surface area contributed by atoms with Crippen molar-refractivity contribution in [2.45, 2.75) is 35.9 Å². The van der Waals surface area contributed by atoms with Crippen molar-refractivity contribution >= 4 is 27.7 Å². The molecule has 1 amide bonds. The summed E-state index contributed by atoms with van der Waals surface area (Å²) in [7, 11) is -2.11. The fourth-order valence-electron chi connectivity index (χ4n) is 2.82. The molecule has 0 atom stereocenters. The fraction of sp³-hybridized carbons (Fsp3) is 0.238. The van der Waals surface area contributed by atoms with Crippen molar-refractivity contribution in [3.8, 4) is 0 Å². The summed E-state index contributed by atoms with van der Waals surface area (Å²) >= 11 is 1.56. The molecule has 3 rings (SSSR count). The Bertz CT molecular complexity index is 1120. The quantitative estimate of drug-likeness (QED) is 0.515. The Morgan fingerprint density at radius 2 is 1.80 bits per heavy atom. The monoisotopic (exact) mass is 445 g/mol. The number of rotatable bonds is 8. The van der Waals surface area contributed by atoms with Gasteiger partial charge in [0.15, 0.2) is 0 Å². The highest BCUT2D eigenvalue weighted by molar-refractivity contribution is 7.98. The summed E-state index contributed by atoms with van der Waals surface area (Å²) in [5, 5.41) is 6.86. The van der Waals surface area contributed by atoms with Crippen LogP contribution in [-0.2, 0) is 22.3 Å². The number of carbonyl (C=O) groups is 1. The first-order valence-corrected chi connectivity index (χ1v) is 11.7. The number of benzene rings is 2. The molecule has 1 aromatic heterocycles. The molecule has 0 unspecified atom stereocenters. The van der Waals surface area contributed by atoms with Gasteiger partial charge in [0.2, 0.25) is 10.0 Å². The van der Waals surface area contributed by atoms with Crippen molar-refractivity contribution in [1.29, 1.82) is 0 Å². The van der Waals surface area contributed by atoms with Crippen LogP contribution in [0.4, 0.5) is 0 Å². The summed E-state index contributed by atoms with van der Waals surface area (Å²) in [6.45, 7) is 4.07. The molecule has 0 aliphatic heterocycles. The summed E-state index contributed by atoms with van der Waals surface area (Å²) in [5.74, 6) is 1.25. The molecular weight excluding hydrogens is 422 g/mol. The van der Waals surface area contributed by atoms with Crippen LogP contribution in [0.25, 0.3) is 0 Å². The predicted molar refractivity (Wildman–Crippen MR) is 116 cm³/mol. The molecule has 158 valence electrons. The van der Waals surface area contributed by atoms with E-state index in [1.807, 2.05) is 32.0 Å². The lowest BCUT2D eigenvalue weighted by molar-refractivity contribution is 0.0948. The first-order chi connectivity index (χ1) is 14.3. The Balaban J connectivity index is 1.66. The van der Waals surface area contributed by atoms with Crippen LogP contribution in [0.1, 0.15) is 32.9 Å². The highest BCUT2D eigenvalue weighted by Gasteiger charge is 2.15. The molecule has 0 saturated heterocycles. The minimum atomic E-state index is -3.48. The number of nitrogens with zero attached hydrogens (tertiary/aromatic N) is 1. The molecule has 0 bridgehead atoms. The number of hydrogen-bond donors (Lipinski definition) is 2. The smallest absolute Gasteiger partial charge is 0.252 e. The minimum Gasteiger partial charge on any atom is -0.361 e. The van der Waals surface area contributed by atoms with E-state index in [0.29, 0.717) is 17.9 Å². The SMILES string of the molecule is CNS(=O)(=O)c1ccc(CNC(=O)c2ccccc2SCc2c(C)noc2C)cc1. The summed E-state index contributed by atoms with van der Waals surface area (Å²) in [5.41, 5.74) is 3.28. The van der Waals surface area contributed by atoms with E-state index in [1.165, 1.54) is 19.2 Å². The van der Waals surface area contributed by atoms with Crippen LogP contribution < -0.4 is 10.0 Å². The molecule has 3 aromatic rings. The Morgan fingerprint density at radius 3 is 2.43 bits per heavy atom. The maximum Gasteiger partial charge on any atom is 0.252 e. The van der Waals surface area contributed by atoms with Crippen LogP contribution in [-0.4, -0.2) is 26.5 Å². The van der Waals surface area contributed by atoms with Gasteiger partial charge in [-0.15, -0.1) is 11.8 Å². The lowest BCUT2D eigenvalue weighted by Crippen LogP contribution is -2.23. The topological polar surface area (TPSA) is 101 Å². The zero-order valence-electron chi connectivity index (χ0n) is 16.9. The molecule has 7 nitrogen and oxygen atoms in total. The molecule has 2 aromatic carbocycles. The van der Waals surface area contributed by atoms with Crippen LogP contribution in [0.15, 0.2) is 62.8 Å². The van der Waals surface area contributed by atoms with Gasteiger partial charge >= 0.3 is 0 Å². The summed E-state index contributed by atoms with van der Waals surface area (Å²) in [6.07, 6.45) is 0. The molecule has 0 aliphatic rings. The average molecular weight is 446 g/mol. The largest absolute Gasteiger partial charge is 0.361 e. The summed E-state index contributed by atoms with van der Waals surface area (Å²) in [4.78, 5) is 13.8. The van der Waals surface area contributed by atoms with Crippen molar-refractivity contribution in [3.63, 3.8) is 0 Å². The highest BCUT2D eigenvalue weighted by atomic mass is 32.2. The van der Waals surface area contributed by atoms with Crippen molar-refractivity contribution in [2.24, 2.45) is 0 Å². The molecule has 0 saturated carbocycles. The molecule has 0 radical (unpaired) electrons. The minimum absolute atomic E-state index is 0.182. The number of hydrogen-bond acceptors (Lipinski definition) is 6. The number of amides is 1. The third-order valence-corrected chi connectivity index (χ3v) is 7.17. The normalized spacial score (nSPS) is 11.4. The van der Waals surface area contributed by atoms with Crippen LogP contribution in [0.2, 0.25) is 0 Å². The van der Waals surface area contributed by atoms with Crippen molar-refractivity contribution in [1.82, 2.24) is 15.2 Å². The summed E-state index contributed by atoms with van der Waals surface area (Å²) in [6, 6.07) is 13.8. The number of aromatic nitrogens is 1. The molecule has 0 fully saturated rings. The standard InChI is InChI=1S/C21H23N3O4S2/c1-14-19(15(2)28-24-14)13-29-20-7-5-4-6-18(20)21(25)23-12-16-8-10-17(11-9-16)30(26,27)22-3/h4-11,22H,12-13H2,1-3H3,(H,23,25). The van der Waals surface area contributed by atoms with Gasteiger partial charge in [0, 0.05) is 22.8 Å². The van der Waals surface area contributed by atoms with E-state index in [-0.39, 0.29) is 10.8 Å². The predicted octanol–water partition coefficient (Wildman–Crippen LogP) is 3.42. The number of carbonyl (C=O) groups excluding carboxylic acids is 1. The van der Waals surface area contributed by atoms with E-state index >= 15 is 0 Å². The third kappa shape index (κ3) is 5.10. The third-order valence-electron chi connectivity index (χ3n) is 4.64. The molecule has 0 spiro atoms. The van der Waals surface area contributed by atoms with Crippen LogP contribution in [0.5, 0.6) is 0 Å². The lowest BCUT2D eigenvalue weighted by atomic mass is 10.2. The Labute approximate surface area is 180 Å². The molecule has 30 heavy (non-hydrogen) atoms. The fourth-order valence-corrected chi connectivity index (χ4v) is 4.75. The second kappa shape index (κ2) is 9.46. The van der Waals surface area contributed by atoms with Gasteiger partial charge in [-0.1, -0.05) is 29.4 Å². The Hall–Kier alpha value is -2.62. The maximum atomic E-state index is 12.7. The van der Waals surface area contributed by atoms with E-state index in [2.05, 4.69) is 15.2 Å². The lowest BCUT2D eigenvalue weighted by Gasteiger charge is -2.10. The highest BCUT2D eigenvalue weighted by Crippen LogP contribution is 2.28. The van der Waals surface area contributed by atoms with Gasteiger partial charge in [-0.05, 0) is 50.7 Å². The number of thioether (sulfide) groups is 1. The zero-order valence-corrected chi connectivity index (χ0v) is 18.6. The molecule has 2 N–H and O–H groups in total. The van der Waals surface area contributed by atoms with E-state index in [4.69, 9.17) is 4.52 Å². The molecule has 1 heterocycles. The maximum absolute atomic E-state index is 12.7. The Kier molecular flexibility index (Phi) is 6.96. The average Bonchev–Trinajstić information content (AvgIpc) is 3.08. The van der Waals surface area contributed by atoms with Gasteiger partial charge in [0.05, 0.1) is 16.2 Å². The second-order valence-corrected chi connectivity index (χ2v) is 9.53. The van der Waals surface area contributed by atoms with E-state index in [1.54, 1.807) is 30.0 Å². The number of sulfonamides is 1.